The molecule has 0 radical (unpaired) electrons. The molecule has 1 aromatic heterocycles. The molecule has 0 unspecified atom stereocenters. The number of nitrogens with zero attached hydrogens (tertiary/aromatic N) is 2. The first kappa shape index (κ1) is 17.1. The van der Waals surface area contributed by atoms with Crippen molar-refractivity contribution in [2.75, 3.05) is 6.54 Å². The first-order valence-corrected chi connectivity index (χ1v) is 8.68. The summed E-state index contributed by atoms with van der Waals surface area (Å²) in [5, 5.41) is 17.5. The minimum Gasteiger partial charge on any atom is -0.477 e. The van der Waals surface area contributed by atoms with Gasteiger partial charge in [-0.25, -0.2) is 13.2 Å². The zero-order valence-corrected chi connectivity index (χ0v) is 14.0. The lowest BCUT2D eigenvalue weighted by atomic mass is 10.3. The molecule has 0 amide bonds. The normalized spacial score (nSPS) is 11.8. The topological polar surface area (TPSA) is 98.5 Å². The Bertz CT molecular complexity index is 646. The second-order valence-corrected chi connectivity index (χ2v) is 8.40. The summed E-state index contributed by atoms with van der Waals surface area (Å²) in [7, 11) is -3.83. The number of aromatic carboxylic acids is 1. The number of rotatable bonds is 6. The number of thiophene rings is 1. The van der Waals surface area contributed by atoms with Crippen LogP contribution in [0.1, 0.15) is 29.9 Å². The maximum absolute atomic E-state index is 12.5. The highest BCUT2D eigenvalue weighted by molar-refractivity contribution is 9.11. The maximum atomic E-state index is 12.5. The smallest absolute Gasteiger partial charge is 0.345 e. The summed E-state index contributed by atoms with van der Waals surface area (Å²) in [4.78, 5) is 10.8. The molecule has 0 atom stereocenters. The van der Waals surface area contributed by atoms with Crippen LogP contribution in [0.2, 0.25) is 0 Å². The molecule has 1 aromatic rings. The van der Waals surface area contributed by atoms with Crippen molar-refractivity contribution in [3.8, 4) is 6.07 Å². The molecule has 0 aliphatic carbocycles. The number of sulfonamides is 1. The van der Waals surface area contributed by atoms with Crippen molar-refractivity contribution in [2.45, 2.75) is 31.2 Å². The third-order valence-electron chi connectivity index (χ3n) is 2.47. The second-order valence-electron chi connectivity index (χ2n) is 4.17. The monoisotopic (exact) mass is 380 g/mol. The van der Waals surface area contributed by atoms with Gasteiger partial charge in [-0.1, -0.05) is 0 Å². The van der Waals surface area contributed by atoms with Crippen molar-refractivity contribution < 1.29 is 18.3 Å². The van der Waals surface area contributed by atoms with E-state index >= 15 is 0 Å². The highest BCUT2D eigenvalue weighted by Crippen LogP contribution is 2.34. The number of halogens is 1. The molecule has 1 heterocycles. The maximum Gasteiger partial charge on any atom is 0.345 e. The fraction of sp³-hybridized carbons (Fsp3) is 0.455. The van der Waals surface area contributed by atoms with Crippen LogP contribution >= 0.6 is 27.3 Å². The van der Waals surface area contributed by atoms with Crippen LogP contribution in [0.15, 0.2) is 14.7 Å². The standard InChI is InChI=1S/C11H13BrN2O4S2/c1-7(2)14(5-3-4-13)20(17,18)9-6-8(11(15)16)19-10(9)12/h6-7H,3,5H2,1-2H3,(H,15,16). The average Bonchev–Trinajstić information content (AvgIpc) is 2.72. The lowest BCUT2D eigenvalue weighted by Crippen LogP contribution is -2.37. The van der Waals surface area contributed by atoms with E-state index in [-0.39, 0.29) is 32.6 Å². The van der Waals surface area contributed by atoms with E-state index in [2.05, 4.69) is 15.9 Å². The van der Waals surface area contributed by atoms with Crippen LogP contribution in [-0.2, 0) is 10.0 Å². The van der Waals surface area contributed by atoms with Gasteiger partial charge in [0.25, 0.3) is 0 Å². The SMILES string of the molecule is CC(C)N(CCC#N)S(=O)(=O)c1cc(C(=O)O)sc1Br. The molecule has 6 nitrogen and oxygen atoms in total. The van der Waals surface area contributed by atoms with Crippen molar-refractivity contribution >= 4 is 43.3 Å². The minimum absolute atomic E-state index is 0.0561. The largest absolute Gasteiger partial charge is 0.477 e. The quantitative estimate of drug-likeness (QED) is 0.817. The van der Waals surface area contributed by atoms with E-state index in [0.717, 1.165) is 17.4 Å². The minimum atomic E-state index is -3.83. The van der Waals surface area contributed by atoms with Gasteiger partial charge in [-0.15, -0.1) is 11.3 Å². The highest BCUT2D eigenvalue weighted by atomic mass is 79.9. The summed E-state index contributed by atoms with van der Waals surface area (Å²) in [5.41, 5.74) is 0. The van der Waals surface area contributed by atoms with Gasteiger partial charge in [0.05, 0.1) is 9.86 Å². The molecule has 110 valence electrons. The molecule has 1 N–H and O–H groups in total. The predicted octanol–water partition coefficient (Wildman–Crippen LogP) is 2.52. The zero-order valence-electron chi connectivity index (χ0n) is 10.8. The van der Waals surface area contributed by atoms with Gasteiger partial charge in [-0.3, -0.25) is 0 Å². The van der Waals surface area contributed by atoms with E-state index in [0.29, 0.717) is 0 Å². The first-order valence-electron chi connectivity index (χ1n) is 5.63. The molecular formula is C11H13BrN2O4S2. The van der Waals surface area contributed by atoms with Gasteiger partial charge in [-0.2, -0.15) is 9.57 Å². The predicted molar refractivity (Wildman–Crippen MR) is 78.2 cm³/mol. The summed E-state index contributed by atoms with van der Waals surface area (Å²) in [6.07, 6.45) is 0.0744. The second kappa shape index (κ2) is 6.67. The number of carboxylic acids is 1. The van der Waals surface area contributed by atoms with E-state index < -0.39 is 16.0 Å². The summed E-state index contributed by atoms with van der Waals surface area (Å²) in [5.74, 6) is -1.18. The van der Waals surface area contributed by atoms with E-state index in [4.69, 9.17) is 10.4 Å². The molecule has 0 aromatic carbocycles. The Kier molecular flexibility index (Phi) is 5.70. The Morgan fingerprint density at radius 1 is 1.60 bits per heavy atom. The molecule has 0 aliphatic heterocycles. The van der Waals surface area contributed by atoms with Gasteiger partial charge in [0.1, 0.15) is 9.77 Å². The van der Waals surface area contributed by atoms with Crippen LogP contribution in [0.4, 0.5) is 0 Å². The van der Waals surface area contributed by atoms with Crippen LogP contribution in [0, 0.1) is 11.3 Å². The van der Waals surface area contributed by atoms with E-state index in [9.17, 15) is 13.2 Å². The highest BCUT2D eigenvalue weighted by Gasteiger charge is 2.31. The molecule has 0 fully saturated rings. The molecule has 0 saturated heterocycles. The van der Waals surface area contributed by atoms with Crippen LogP contribution < -0.4 is 0 Å². The summed E-state index contributed by atoms with van der Waals surface area (Å²) in [6, 6.07) is 2.71. The zero-order chi connectivity index (χ0) is 15.5. The third-order valence-corrected chi connectivity index (χ3v) is 6.79. The van der Waals surface area contributed by atoms with Crippen LogP contribution in [-0.4, -0.2) is 36.4 Å². The summed E-state index contributed by atoms with van der Waals surface area (Å²) in [6.45, 7) is 3.47. The van der Waals surface area contributed by atoms with Gasteiger partial charge in [0.15, 0.2) is 0 Å². The number of carbonyl (C=O) groups is 1. The number of hydrogen-bond donors (Lipinski definition) is 1. The molecule has 0 bridgehead atoms. The Labute approximate surface area is 129 Å². The van der Waals surface area contributed by atoms with Gasteiger partial charge in [-0.05, 0) is 35.8 Å². The number of carboxylic acid groups (broad SMARTS) is 1. The Morgan fingerprint density at radius 3 is 2.60 bits per heavy atom. The van der Waals surface area contributed by atoms with E-state index in [1.54, 1.807) is 13.8 Å². The van der Waals surface area contributed by atoms with Crippen molar-refractivity contribution in [1.29, 1.82) is 5.26 Å². The van der Waals surface area contributed by atoms with Crippen LogP contribution in [0.5, 0.6) is 0 Å². The fourth-order valence-electron chi connectivity index (χ4n) is 1.58. The van der Waals surface area contributed by atoms with E-state index in [1.165, 1.54) is 4.31 Å². The Hall–Kier alpha value is -0.950. The van der Waals surface area contributed by atoms with Crippen molar-refractivity contribution in [2.24, 2.45) is 0 Å². The molecule has 0 aliphatic rings. The number of nitriles is 1. The van der Waals surface area contributed by atoms with Crippen LogP contribution in [0.25, 0.3) is 0 Å². The van der Waals surface area contributed by atoms with Gasteiger partial charge < -0.3 is 5.11 Å². The lowest BCUT2D eigenvalue weighted by molar-refractivity contribution is 0.0702. The van der Waals surface area contributed by atoms with Crippen LogP contribution in [0.3, 0.4) is 0 Å². The van der Waals surface area contributed by atoms with Gasteiger partial charge >= 0.3 is 5.97 Å². The summed E-state index contributed by atoms with van der Waals surface area (Å²) >= 11 is 3.94. The molecule has 20 heavy (non-hydrogen) atoms. The first-order chi connectivity index (χ1) is 9.21. The molecule has 0 spiro atoms. The summed E-state index contributed by atoms with van der Waals surface area (Å²) < 4.78 is 26.5. The fourth-order valence-corrected chi connectivity index (χ4v) is 5.57. The lowest BCUT2D eigenvalue weighted by Gasteiger charge is -2.24. The van der Waals surface area contributed by atoms with Gasteiger partial charge in [0.2, 0.25) is 10.0 Å². The Balaban J connectivity index is 3.26. The molecular weight excluding hydrogens is 368 g/mol. The third kappa shape index (κ3) is 3.58. The molecule has 9 heteroatoms. The Morgan fingerprint density at radius 2 is 2.20 bits per heavy atom. The number of hydrogen-bond acceptors (Lipinski definition) is 5. The van der Waals surface area contributed by atoms with Crippen molar-refractivity contribution in [3.63, 3.8) is 0 Å². The van der Waals surface area contributed by atoms with E-state index in [1.807, 2.05) is 6.07 Å². The molecule has 1 rings (SSSR count). The average molecular weight is 381 g/mol. The van der Waals surface area contributed by atoms with Crippen molar-refractivity contribution in [3.05, 3.63) is 14.7 Å². The van der Waals surface area contributed by atoms with Gasteiger partial charge in [0, 0.05) is 19.0 Å². The van der Waals surface area contributed by atoms with Crippen molar-refractivity contribution in [1.82, 2.24) is 4.31 Å². The molecule has 0 saturated carbocycles.